The fourth-order valence-electron chi connectivity index (χ4n) is 0.780. The lowest BCUT2D eigenvalue weighted by Crippen LogP contribution is -2.02. The summed E-state index contributed by atoms with van der Waals surface area (Å²) < 4.78 is 12.5. The summed E-state index contributed by atoms with van der Waals surface area (Å²) in [5.41, 5.74) is 0.923. The van der Waals surface area contributed by atoms with Gasteiger partial charge in [-0.25, -0.2) is 4.98 Å². The van der Waals surface area contributed by atoms with Gasteiger partial charge in [0.05, 0.1) is 18.6 Å². The van der Waals surface area contributed by atoms with Gasteiger partial charge in [-0.15, -0.1) is 0 Å². The number of hydrogen-bond donors (Lipinski definition) is 1. The van der Waals surface area contributed by atoms with E-state index in [1.165, 1.54) is 0 Å². The molecule has 0 aromatic carbocycles. The van der Waals surface area contributed by atoms with Crippen molar-refractivity contribution in [3.8, 4) is 0 Å². The second-order valence-electron chi connectivity index (χ2n) is 2.34. The van der Waals surface area contributed by atoms with Gasteiger partial charge in [-0.2, -0.15) is 0 Å². The highest BCUT2D eigenvalue weighted by Crippen LogP contribution is 2.09. The molecule has 0 bridgehead atoms. The quantitative estimate of drug-likeness (QED) is 0.638. The maximum Gasteiger partial charge on any atom is 0.106 e. The maximum atomic E-state index is 11.7. The zero-order valence-electron chi connectivity index (χ0n) is 6.56. The summed E-state index contributed by atoms with van der Waals surface area (Å²) >= 11 is 3.23. The van der Waals surface area contributed by atoms with Crippen molar-refractivity contribution < 1.29 is 4.39 Å². The lowest BCUT2D eigenvalue weighted by Gasteiger charge is -2.03. The third-order valence-electron chi connectivity index (χ3n) is 1.37. The fourth-order valence-corrected chi connectivity index (χ4v) is 1.01. The molecule has 0 unspecified atom stereocenters. The van der Waals surface area contributed by atoms with E-state index in [2.05, 4.69) is 26.2 Å². The van der Waals surface area contributed by atoms with Gasteiger partial charge in [0.2, 0.25) is 0 Å². The van der Waals surface area contributed by atoms with Crippen LogP contribution >= 0.6 is 15.9 Å². The minimum atomic E-state index is -0.281. The van der Waals surface area contributed by atoms with Gasteiger partial charge in [-0.1, -0.05) is 0 Å². The van der Waals surface area contributed by atoms with Crippen molar-refractivity contribution in [2.45, 2.75) is 6.42 Å². The molecule has 12 heavy (non-hydrogen) atoms. The Kier molecular flexibility index (Phi) is 4.00. The third-order valence-corrected chi connectivity index (χ3v) is 1.84. The standard InChI is InChI=1S/C8H10BrFN2/c9-8-3-2-7(6-12-8)11-5-1-4-10/h2-3,6,11H,1,4-5H2. The van der Waals surface area contributed by atoms with Crippen LogP contribution in [0, 0.1) is 0 Å². The molecule has 66 valence electrons. The Hall–Kier alpha value is -0.640. The van der Waals surface area contributed by atoms with E-state index in [9.17, 15) is 4.39 Å². The van der Waals surface area contributed by atoms with Crippen LogP contribution in [0.1, 0.15) is 6.42 Å². The first-order valence-corrected chi connectivity index (χ1v) is 4.53. The van der Waals surface area contributed by atoms with Crippen LogP contribution in [0.4, 0.5) is 10.1 Å². The predicted molar refractivity (Wildman–Crippen MR) is 51.0 cm³/mol. The number of nitrogens with zero attached hydrogens (tertiary/aromatic N) is 1. The highest BCUT2D eigenvalue weighted by molar-refractivity contribution is 9.10. The first kappa shape index (κ1) is 9.45. The zero-order chi connectivity index (χ0) is 8.81. The van der Waals surface area contributed by atoms with Crippen molar-refractivity contribution in [3.05, 3.63) is 22.9 Å². The number of halogens is 2. The van der Waals surface area contributed by atoms with Gasteiger partial charge in [0, 0.05) is 6.54 Å². The molecular weight excluding hydrogens is 223 g/mol. The first-order chi connectivity index (χ1) is 5.83. The van der Waals surface area contributed by atoms with Gasteiger partial charge in [-0.05, 0) is 34.5 Å². The summed E-state index contributed by atoms with van der Waals surface area (Å²) in [6, 6.07) is 3.74. The minimum Gasteiger partial charge on any atom is -0.384 e. The van der Waals surface area contributed by atoms with Crippen LogP contribution in [0.2, 0.25) is 0 Å². The number of anilines is 1. The van der Waals surface area contributed by atoms with Gasteiger partial charge < -0.3 is 5.32 Å². The van der Waals surface area contributed by atoms with Crippen molar-refractivity contribution in [1.29, 1.82) is 0 Å². The highest BCUT2D eigenvalue weighted by Gasteiger charge is 1.91. The summed E-state index contributed by atoms with van der Waals surface area (Å²) in [5.74, 6) is 0. The molecule has 0 saturated heterocycles. The average Bonchev–Trinajstić information content (AvgIpc) is 2.09. The largest absolute Gasteiger partial charge is 0.384 e. The maximum absolute atomic E-state index is 11.7. The van der Waals surface area contributed by atoms with Crippen LogP contribution in [-0.4, -0.2) is 18.2 Å². The Bertz CT molecular complexity index is 225. The molecule has 2 nitrogen and oxygen atoms in total. The van der Waals surface area contributed by atoms with Crippen LogP contribution in [-0.2, 0) is 0 Å². The Morgan fingerprint density at radius 2 is 2.33 bits per heavy atom. The molecule has 0 saturated carbocycles. The minimum absolute atomic E-state index is 0.281. The van der Waals surface area contributed by atoms with E-state index in [1.807, 2.05) is 12.1 Å². The second-order valence-corrected chi connectivity index (χ2v) is 3.15. The number of hydrogen-bond acceptors (Lipinski definition) is 2. The van der Waals surface area contributed by atoms with Crippen molar-refractivity contribution >= 4 is 21.6 Å². The van der Waals surface area contributed by atoms with Crippen LogP contribution in [0.3, 0.4) is 0 Å². The second kappa shape index (κ2) is 5.09. The number of aromatic nitrogens is 1. The molecule has 1 rings (SSSR count). The molecule has 0 aliphatic heterocycles. The number of alkyl halides is 1. The van der Waals surface area contributed by atoms with Crippen molar-refractivity contribution in [3.63, 3.8) is 0 Å². The molecule has 0 fully saturated rings. The molecule has 1 aromatic rings. The summed E-state index contributed by atoms with van der Waals surface area (Å²) in [7, 11) is 0. The SMILES string of the molecule is FCCCNc1ccc(Br)nc1. The van der Waals surface area contributed by atoms with Crippen molar-refractivity contribution in [2.24, 2.45) is 0 Å². The topological polar surface area (TPSA) is 24.9 Å². The molecule has 0 radical (unpaired) electrons. The Labute approximate surface area is 79.3 Å². The molecule has 0 aliphatic carbocycles. The third kappa shape index (κ3) is 3.17. The molecule has 1 heterocycles. The monoisotopic (exact) mass is 232 g/mol. The van der Waals surface area contributed by atoms with Crippen LogP contribution in [0.25, 0.3) is 0 Å². The summed E-state index contributed by atoms with van der Waals surface area (Å²) in [6.45, 7) is 0.372. The number of rotatable bonds is 4. The first-order valence-electron chi connectivity index (χ1n) is 3.74. The van der Waals surface area contributed by atoms with E-state index < -0.39 is 0 Å². The van der Waals surface area contributed by atoms with E-state index >= 15 is 0 Å². The van der Waals surface area contributed by atoms with E-state index in [1.54, 1.807) is 6.20 Å². The van der Waals surface area contributed by atoms with Gasteiger partial charge in [0.15, 0.2) is 0 Å². The number of nitrogens with one attached hydrogen (secondary N) is 1. The smallest absolute Gasteiger partial charge is 0.106 e. The molecule has 0 aliphatic rings. The molecular formula is C8H10BrFN2. The Morgan fingerprint density at radius 3 is 2.92 bits per heavy atom. The van der Waals surface area contributed by atoms with E-state index in [0.717, 1.165) is 10.3 Å². The highest BCUT2D eigenvalue weighted by atomic mass is 79.9. The number of pyridine rings is 1. The summed E-state index contributed by atoms with van der Waals surface area (Å²) in [5, 5.41) is 3.05. The van der Waals surface area contributed by atoms with E-state index in [-0.39, 0.29) is 6.67 Å². The van der Waals surface area contributed by atoms with Crippen LogP contribution < -0.4 is 5.32 Å². The lowest BCUT2D eigenvalue weighted by molar-refractivity contribution is 0.481. The van der Waals surface area contributed by atoms with Gasteiger partial charge in [0.25, 0.3) is 0 Å². The van der Waals surface area contributed by atoms with Gasteiger partial charge >= 0.3 is 0 Å². The molecule has 1 aromatic heterocycles. The van der Waals surface area contributed by atoms with Crippen molar-refractivity contribution in [2.75, 3.05) is 18.5 Å². The van der Waals surface area contributed by atoms with Gasteiger partial charge in [0.1, 0.15) is 4.60 Å². The average molecular weight is 233 g/mol. The zero-order valence-corrected chi connectivity index (χ0v) is 8.14. The van der Waals surface area contributed by atoms with Crippen LogP contribution in [0.15, 0.2) is 22.9 Å². The van der Waals surface area contributed by atoms with E-state index in [4.69, 9.17) is 0 Å². The molecule has 1 N–H and O–H groups in total. The predicted octanol–water partition coefficient (Wildman–Crippen LogP) is 2.62. The van der Waals surface area contributed by atoms with Crippen LogP contribution in [0.5, 0.6) is 0 Å². The summed E-state index contributed by atoms with van der Waals surface area (Å²) in [6.07, 6.45) is 2.25. The molecule has 0 amide bonds. The fraction of sp³-hybridized carbons (Fsp3) is 0.375. The molecule has 0 spiro atoms. The van der Waals surface area contributed by atoms with Crippen molar-refractivity contribution in [1.82, 2.24) is 4.98 Å². The lowest BCUT2D eigenvalue weighted by atomic mass is 10.4. The molecule has 0 atom stereocenters. The molecule has 4 heteroatoms. The van der Waals surface area contributed by atoms with E-state index in [0.29, 0.717) is 13.0 Å². The van der Waals surface area contributed by atoms with Gasteiger partial charge in [-0.3, -0.25) is 4.39 Å². The normalized spacial score (nSPS) is 9.83. The Balaban J connectivity index is 2.37. The Morgan fingerprint density at radius 1 is 1.50 bits per heavy atom. The summed E-state index contributed by atoms with van der Waals surface area (Å²) in [4.78, 5) is 4.02.